The summed E-state index contributed by atoms with van der Waals surface area (Å²) in [5, 5.41) is 7.48. The van der Waals surface area contributed by atoms with Crippen molar-refractivity contribution in [1.82, 2.24) is 20.3 Å². The maximum absolute atomic E-state index is 5.37. The van der Waals surface area contributed by atoms with Gasteiger partial charge in [-0.3, -0.25) is 9.89 Å². The molecule has 0 aromatic carbocycles. The Kier molecular flexibility index (Phi) is 9.04. The summed E-state index contributed by atoms with van der Waals surface area (Å²) in [7, 11) is 1.84. The van der Waals surface area contributed by atoms with Crippen LogP contribution in [0.25, 0.3) is 0 Å². The molecule has 1 fully saturated rings. The van der Waals surface area contributed by atoms with E-state index < -0.39 is 0 Å². The first kappa shape index (κ1) is 21.2. The van der Waals surface area contributed by atoms with Crippen molar-refractivity contribution in [2.45, 2.75) is 40.2 Å². The third-order valence-corrected chi connectivity index (χ3v) is 4.10. The largest absolute Gasteiger partial charge is 0.359 e. The van der Waals surface area contributed by atoms with Gasteiger partial charge in [-0.1, -0.05) is 32.9 Å². The number of nitrogens with zero attached hydrogens (tertiary/aromatic N) is 4. The molecule has 7 heteroatoms. The van der Waals surface area contributed by atoms with Crippen LogP contribution in [0, 0.1) is 5.92 Å². The smallest absolute Gasteiger partial charge is 0.194 e. The highest BCUT2D eigenvalue weighted by molar-refractivity contribution is 14.0. The predicted molar refractivity (Wildman–Crippen MR) is 109 cm³/mol. The van der Waals surface area contributed by atoms with Crippen molar-refractivity contribution in [2.75, 3.05) is 39.8 Å². The molecule has 138 valence electrons. The van der Waals surface area contributed by atoms with Gasteiger partial charge in [-0.15, -0.1) is 24.0 Å². The molecule has 0 unspecified atom stereocenters. The van der Waals surface area contributed by atoms with E-state index in [4.69, 9.17) is 4.52 Å². The van der Waals surface area contributed by atoms with E-state index in [1.165, 1.54) is 6.54 Å². The van der Waals surface area contributed by atoms with Crippen LogP contribution < -0.4 is 5.32 Å². The minimum atomic E-state index is 0. The van der Waals surface area contributed by atoms with E-state index in [1.807, 2.05) is 13.1 Å². The number of nitrogens with one attached hydrogen (secondary N) is 1. The molecule has 2 rings (SSSR count). The number of rotatable bonds is 5. The van der Waals surface area contributed by atoms with Gasteiger partial charge in [0.2, 0.25) is 0 Å². The molecule has 1 N–H and O–H groups in total. The average molecular weight is 449 g/mol. The van der Waals surface area contributed by atoms with Gasteiger partial charge in [0, 0.05) is 45.8 Å². The number of hydrogen-bond donors (Lipinski definition) is 1. The first-order valence-electron chi connectivity index (χ1n) is 8.63. The van der Waals surface area contributed by atoms with Gasteiger partial charge in [0.1, 0.15) is 0 Å². The summed E-state index contributed by atoms with van der Waals surface area (Å²) in [6, 6.07) is 2.02. The van der Waals surface area contributed by atoms with E-state index in [9.17, 15) is 0 Å². The molecule has 1 aliphatic rings. The molecular weight excluding hydrogens is 417 g/mol. The Morgan fingerprint density at radius 3 is 2.42 bits per heavy atom. The van der Waals surface area contributed by atoms with Crippen LogP contribution in [-0.4, -0.2) is 60.7 Å². The van der Waals surface area contributed by atoms with Crippen molar-refractivity contribution in [2.24, 2.45) is 10.9 Å². The standard InChI is InChI=1S/C17H31N5O.HI/c1-13(2)12-21-6-8-22(9-7-21)17(18-5)19-11-15-10-16(14(3)4)20-23-15;/h10,13-14H,6-9,11-12H2,1-5H3,(H,18,19);1H. The molecule has 0 aliphatic carbocycles. The van der Waals surface area contributed by atoms with E-state index >= 15 is 0 Å². The maximum atomic E-state index is 5.37. The second kappa shape index (κ2) is 10.2. The third kappa shape index (κ3) is 6.23. The zero-order chi connectivity index (χ0) is 16.8. The first-order valence-corrected chi connectivity index (χ1v) is 8.63. The van der Waals surface area contributed by atoms with Gasteiger partial charge in [0.15, 0.2) is 11.7 Å². The summed E-state index contributed by atoms with van der Waals surface area (Å²) in [6.45, 7) is 14.8. The quantitative estimate of drug-likeness (QED) is 0.426. The minimum Gasteiger partial charge on any atom is -0.359 e. The van der Waals surface area contributed by atoms with Gasteiger partial charge in [-0.2, -0.15) is 0 Å². The molecule has 0 saturated carbocycles. The Balaban J connectivity index is 0.00000288. The Morgan fingerprint density at radius 2 is 1.92 bits per heavy atom. The molecule has 0 atom stereocenters. The van der Waals surface area contributed by atoms with Crippen LogP contribution in [0.4, 0.5) is 0 Å². The predicted octanol–water partition coefficient (Wildman–Crippen LogP) is 2.77. The molecule has 1 aliphatic heterocycles. The van der Waals surface area contributed by atoms with Crippen molar-refractivity contribution < 1.29 is 4.52 Å². The van der Waals surface area contributed by atoms with E-state index in [2.05, 4.69) is 53.0 Å². The van der Waals surface area contributed by atoms with Gasteiger partial charge in [-0.25, -0.2) is 0 Å². The molecule has 2 heterocycles. The molecule has 0 amide bonds. The van der Waals surface area contributed by atoms with Crippen LogP contribution in [0.1, 0.15) is 45.1 Å². The van der Waals surface area contributed by atoms with E-state index in [1.54, 1.807) is 0 Å². The highest BCUT2D eigenvalue weighted by atomic mass is 127. The molecule has 0 radical (unpaired) electrons. The number of aromatic nitrogens is 1. The Hall–Kier alpha value is -0.830. The third-order valence-electron chi connectivity index (χ3n) is 4.10. The van der Waals surface area contributed by atoms with E-state index in [0.29, 0.717) is 12.5 Å². The number of piperazine rings is 1. The van der Waals surface area contributed by atoms with E-state index in [0.717, 1.165) is 49.5 Å². The number of hydrogen-bond acceptors (Lipinski definition) is 4. The molecule has 0 bridgehead atoms. The summed E-state index contributed by atoms with van der Waals surface area (Å²) in [5.74, 6) is 2.91. The Bertz CT molecular complexity index is 507. The zero-order valence-electron chi connectivity index (χ0n) is 15.6. The van der Waals surface area contributed by atoms with Crippen LogP contribution in [0.5, 0.6) is 0 Å². The SMILES string of the molecule is CN=C(NCc1cc(C(C)C)no1)N1CCN(CC(C)C)CC1.I. The molecular formula is C17H32IN5O. The molecule has 1 saturated heterocycles. The Morgan fingerprint density at radius 1 is 1.25 bits per heavy atom. The lowest BCUT2D eigenvalue weighted by molar-refractivity contribution is 0.163. The fourth-order valence-electron chi connectivity index (χ4n) is 2.84. The molecule has 24 heavy (non-hydrogen) atoms. The molecule has 0 spiro atoms. The van der Waals surface area contributed by atoms with Crippen molar-refractivity contribution in [3.63, 3.8) is 0 Å². The van der Waals surface area contributed by atoms with Crippen LogP contribution in [0.3, 0.4) is 0 Å². The van der Waals surface area contributed by atoms with Crippen molar-refractivity contribution in [3.8, 4) is 0 Å². The lowest BCUT2D eigenvalue weighted by Crippen LogP contribution is -2.52. The maximum Gasteiger partial charge on any atom is 0.194 e. The van der Waals surface area contributed by atoms with Gasteiger partial charge in [0.25, 0.3) is 0 Å². The van der Waals surface area contributed by atoms with Crippen molar-refractivity contribution in [1.29, 1.82) is 0 Å². The monoisotopic (exact) mass is 449 g/mol. The lowest BCUT2D eigenvalue weighted by Gasteiger charge is -2.37. The fraction of sp³-hybridized carbons (Fsp3) is 0.765. The molecule has 1 aromatic rings. The normalized spacial score (nSPS) is 16.6. The number of guanidine groups is 1. The van der Waals surface area contributed by atoms with Gasteiger partial charge >= 0.3 is 0 Å². The Labute approximate surface area is 163 Å². The number of aliphatic imine (C=N–C) groups is 1. The summed E-state index contributed by atoms with van der Waals surface area (Å²) in [5.41, 5.74) is 0.999. The average Bonchev–Trinajstić information content (AvgIpc) is 2.98. The summed E-state index contributed by atoms with van der Waals surface area (Å²) >= 11 is 0. The summed E-state index contributed by atoms with van der Waals surface area (Å²) in [4.78, 5) is 9.25. The van der Waals surface area contributed by atoms with Gasteiger partial charge < -0.3 is 14.7 Å². The topological polar surface area (TPSA) is 56.9 Å². The zero-order valence-corrected chi connectivity index (χ0v) is 17.9. The second-order valence-corrected chi connectivity index (χ2v) is 6.96. The van der Waals surface area contributed by atoms with Crippen LogP contribution >= 0.6 is 24.0 Å². The molecule has 6 nitrogen and oxygen atoms in total. The highest BCUT2D eigenvalue weighted by Gasteiger charge is 2.20. The summed E-state index contributed by atoms with van der Waals surface area (Å²) in [6.07, 6.45) is 0. The molecule has 1 aromatic heterocycles. The van der Waals surface area contributed by atoms with Gasteiger partial charge in [0.05, 0.1) is 12.2 Å². The van der Waals surface area contributed by atoms with Gasteiger partial charge in [-0.05, 0) is 11.8 Å². The number of halogens is 1. The first-order chi connectivity index (χ1) is 11.0. The van der Waals surface area contributed by atoms with Crippen LogP contribution in [0.15, 0.2) is 15.6 Å². The fourth-order valence-corrected chi connectivity index (χ4v) is 2.84. The minimum absolute atomic E-state index is 0. The highest BCUT2D eigenvalue weighted by Crippen LogP contribution is 2.14. The van der Waals surface area contributed by atoms with E-state index in [-0.39, 0.29) is 24.0 Å². The van der Waals surface area contributed by atoms with Crippen molar-refractivity contribution in [3.05, 3.63) is 17.5 Å². The lowest BCUT2D eigenvalue weighted by atomic mass is 10.1. The summed E-state index contributed by atoms with van der Waals surface area (Å²) < 4.78 is 5.37. The second-order valence-electron chi connectivity index (χ2n) is 6.96. The van der Waals surface area contributed by atoms with Crippen LogP contribution in [-0.2, 0) is 6.54 Å². The van der Waals surface area contributed by atoms with Crippen LogP contribution in [0.2, 0.25) is 0 Å². The van der Waals surface area contributed by atoms with Crippen molar-refractivity contribution >= 4 is 29.9 Å².